The molecule has 0 spiro atoms. The number of alkyl carbamates (subject to hydrolysis) is 1. The number of nitrogens with two attached hydrogens (primary N) is 1. The zero-order valence-corrected chi connectivity index (χ0v) is 55.3. The van der Waals surface area contributed by atoms with Crippen LogP contribution in [0.25, 0.3) is 0 Å². The topological polar surface area (TPSA) is 252 Å². The first kappa shape index (κ1) is 70.8. The van der Waals surface area contributed by atoms with Crippen molar-refractivity contribution in [2.45, 2.75) is 186 Å². The van der Waals surface area contributed by atoms with E-state index in [1.807, 2.05) is 68.4 Å². The van der Waals surface area contributed by atoms with Gasteiger partial charge in [-0.15, -0.1) is 23.5 Å². The first-order valence-electron chi connectivity index (χ1n) is 27.5. The monoisotopic (exact) mass is 1250 g/mol. The number of anilines is 1. The molecule has 82 heavy (non-hydrogen) atoms. The molecule has 10 atom stereocenters. The molecule has 4 rings (SSSR count). The number of nitrogens with one attached hydrogen (secondary N) is 2. The number of likely N-dealkylation sites (N-methyl/N-ethyl adjacent to an activating group) is 1. The zero-order chi connectivity index (χ0) is 61.9. The molecule has 24 heteroatoms. The molecule has 3 aliphatic rings. The van der Waals surface area contributed by atoms with Gasteiger partial charge < -0.3 is 49.6 Å². The van der Waals surface area contributed by atoms with Crippen molar-refractivity contribution < 1.29 is 57.6 Å². The van der Waals surface area contributed by atoms with E-state index >= 15 is 0 Å². The van der Waals surface area contributed by atoms with Crippen LogP contribution in [0.15, 0.2) is 35.9 Å². The molecular weight excluding hydrogens is 1170 g/mol. The second kappa shape index (κ2) is 29.6. The van der Waals surface area contributed by atoms with E-state index in [1.165, 1.54) is 54.6 Å². The number of esters is 1. The van der Waals surface area contributed by atoms with E-state index in [0.29, 0.717) is 43.0 Å². The highest BCUT2D eigenvalue weighted by Gasteiger charge is 2.64. The van der Waals surface area contributed by atoms with Crippen LogP contribution in [-0.2, 0) is 49.3 Å². The second-order valence-electron chi connectivity index (χ2n) is 23.8. The van der Waals surface area contributed by atoms with E-state index < -0.39 is 93.1 Å². The molecule has 458 valence electrons. The number of hydrogen-bond donors (Lipinski definition) is 4. The molecule has 18 nitrogen and oxygen atoms in total. The quantitative estimate of drug-likeness (QED) is 0.0261. The van der Waals surface area contributed by atoms with Gasteiger partial charge in [0.25, 0.3) is 0 Å². The third-order valence-electron chi connectivity index (χ3n) is 16.4. The number of rotatable bonds is 23. The number of fused-ring (bicyclic) bond motifs is 5. The summed E-state index contributed by atoms with van der Waals surface area (Å²) >= 11 is 15.4. The van der Waals surface area contributed by atoms with E-state index in [2.05, 4.69) is 16.7 Å². The van der Waals surface area contributed by atoms with Crippen LogP contribution in [0.5, 0.6) is 5.75 Å². The fourth-order valence-corrected chi connectivity index (χ4v) is 16.2. The van der Waals surface area contributed by atoms with Crippen molar-refractivity contribution in [3.8, 4) is 11.8 Å². The van der Waals surface area contributed by atoms with Gasteiger partial charge in [0.05, 0.1) is 42.7 Å². The maximum atomic E-state index is 14.4. The minimum atomic E-state index is -1.87. The highest BCUT2D eigenvalue weighted by atomic mass is 35.5. The summed E-state index contributed by atoms with van der Waals surface area (Å²) in [5, 5.41) is 28.0. The Morgan fingerprint density at radius 1 is 1.12 bits per heavy atom. The minimum Gasteiger partial charge on any atom is -0.495 e. The first-order valence-corrected chi connectivity index (χ1v) is 32.4. The number of amides is 5. The summed E-state index contributed by atoms with van der Waals surface area (Å²) in [6, 6.07) is 4.94. The van der Waals surface area contributed by atoms with Crippen molar-refractivity contribution in [2.24, 2.45) is 28.4 Å². The van der Waals surface area contributed by atoms with Crippen molar-refractivity contribution >= 4 is 114 Å². The molecular formula is C58H87ClN6O12S5. The van der Waals surface area contributed by atoms with Gasteiger partial charge in [0.1, 0.15) is 44.3 Å². The SMILES string of the molecule is CCSC(=S)SC(C)(C)C(CC(C)(C)C(C)(C#N)CCC(=O)NCCSSC(C)(C)CCC(=O)N(C)C(C)C(=O)OC1CC(=O)N(C)c2cc(cc(OC)c2Cl)C/C(C)=C/C=C/[C@@H](OC)[C@@]2(O)CC(OC(=O)N2)C(C)[C@@H]2O[C@@]12C)C(N)=O. The van der Waals surface area contributed by atoms with Crippen molar-refractivity contribution in [1.82, 2.24) is 15.5 Å². The van der Waals surface area contributed by atoms with E-state index in [-0.39, 0.29) is 53.7 Å². The molecule has 0 aliphatic carbocycles. The summed E-state index contributed by atoms with van der Waals surface area (Å²) in [5.74, 6) is -1.61. The molecule has 5 N–H and O–H groups in total. The van der Waals surface area contributed by atoms with Gasteiger partial charge in [-0.05, 0) is 110 Å². The number of thioether (sulfide) groups is 2. The van der Waals surface area contributed by atoms with E-state index in [4.69, 9.17) is 53.2 Å². The fourth-order valence-electron chi connectivity index (χ4n) is 10.1. The average Bonchev–Trinajstić information content (AvgIpc) is 4.17. The molecule has 4 bridgehead atoms. The zero-order valence-electron chi connectivity index (χ0n) is 50.5. The number of allylic oxidation sites excluding steroid dienone is 3. The number of methoxy groups -OCH3 is 2. The molecule has 0 radical (unpaired) electrons. The summed E-state index contributed by atoms with van der Waals surface area (Å²) in [5.41, 5.74) is 3.22. The van der Waals surface area contributed by atoms with Gasteiger partial charge in [0.15, 0.2) is 5.72 Å². The van der Waals surface area contributed by atoms with E-state index in [9.17, 15) is 39.1 Å². The highest BCUT2D eigenvalue weighted by molar-refractivity contribution is 8.77. The van der Waals surface area contributed by atoms with Crippen LogP contribution in [0, 0.1) is 34.0 Å². The smallest absolute Gasteiger partial charge is 0.409 e. The molecule has 6 unspecified atom stereocenters. The van der Waals surface area contributed by atoms with Crippen LogP contribution >= 0.6 is 68.9 Å². The summed E-state index contributed by atoms with van der Waals surface area (Å²) in [7, 11) is 9.12. The van der Waals surface area contributed by atoms with Gasteiger partial charge in [0, 0.05) is 68.2 Å². The molecule has 1 aromatic rings. The molecule has 1 aromatic carbocycles. The average molecular weight is 1260 g/mol. The minimum absolute atomic E-state index is 0.0872. The number of carbonyl (C=O) groups excluding carboxylic acids is 6. The second-order valence-corrected chi connectivity index (χ2v) is 31.4. The summed E-state index contributed by atoms with van der Waals surface area (Å²) in [6.45, 7) is 23.0. The molecule has 2 saturated heterocycles. The number of benzene rings is 1. The Morgan fingerprint density at radius 2 is 1.79 bits per heavy atom. The van der Waals surface area contributed by atoms with Crippen molar-refractivity contribution in [1.29, 1.82) is 5.26 Å². The molecule has 0 aromatic heterocycles. The normalized spacial score (nSPS) is 25.9. The van der Waals surface area contributed by atoms with Gasteiger partial charge in [-0.3, -0.25) is 24.5 Å². The third kappa shape index (κ3) is 18.4. The predicted molar refractivity (Wildman–Crippen MR) is 334 cm³/mol. The number of epoxide rings is 1. The Morgan fingerprint density at radius 3 is 2.40 bits per heavy atom. The molecule has 3 aliphatic heterocycles. The Hall–Kier alpha value is -3.73. The highest BCUT2D eigenvalue weighted by Crippen LogP contribution is 2.52. The Labute approximate surface area is 512 Å². The number of hydrogen-bond acceptors (Lipinski definition) is 18. The molecule has 3 heterocycles. The van der Waals surface area contributed by atoms with Crippen LogP contribution in [0.1, 0.15) is 134 Å². The number of primary amides is 1. The molecule has 0 saturated carbocycles. The largest absolute Gasteiger partial charge is 0.495 e. The van der Waals surface area contributed by atoms with Gasteiger partial charge in [-0.25, -0.2) is 9.59 Å². The molecule has 5 amide bonds. The lowest BCUT2D eigenvalue weighted by Crippen LogP contribution is -2.63. The molecule has 2 fully saturated rings. The van der Waals surface area contributed by atoms with Crippen molar-refractivity contribution in [3.05, 3.63) is 46.5 Å². The van der Waals surface area contributed by atoms with Gasteiger partial charge in [-0.2, -0.15) is 5.26 Å². The summed E-state index contributed by atoms with van der Waals surface area (Å²) in [4.78, 5) is 84.2. The van der Waals surface area contributed by atoms with Crippen LogP contribution in [0.4, 0.5) is 10.5 Å². The first-order chi connectivity index (χ1) is 38.0. The number of carbonyl (C=O) groups is 6. The van der Waals surface area contributed by atoms with E-state index in [1.54, 1.807) is 73.7 Å². The van der Waals surface area contributed by atoms with Gasteiger partial charge in [-0.1, -0.05) is 96.9 Å². The number of halogens is 1. The number of nitriles is 1. The maximum Gasteiger partial charge on any atom is 0.409 e. The third-order valence-corrected chi connectivity index (χ3v) is 22.8. The lowest BCUT2D eigenvalue weighted by atomic mass is 9.60. The lowest BCUT2D eigenvalue weighted by Gasteiger charge is -2.44. The summed E-state index contributed by atoms with van der Waals surface area (Å²) < 4.78 is 29.4. The number of ether oxygens (including phenoxy) is 5. The van der Waals surface area contributed by atoms with Gasteiger partial charge in [0.2, 0.25) is 23.6 Å². The fraction of sp³-hybridized carbons (Fsp3) is 0.690. The van der Waals surface area contributed by atoms with Crippen LogP contribution < -0.4 is 26.0 Å². The number of thiocarbonyl (C=S) groups is 1. The Bertz CT molecular complexity index is 2620. The van der Waals surface area contributed by atoms with Crippen molar-refractivity contribution in [3.63, 3.8) is 0 Å². The predicted octanol–water partition coefficient (Wildman–Crippen LogP) is 9.95. The Kier molecular flexibility index (Phi) is 25.5. The Balaban J connectivity index is 1.39. The van der Waals surface area contributed by atoms with Crippen LogP contribution in [-0.4, -0.2) is 147 Å². The van der Waals surface area contributed by atoms with Crippen LogP contribution in [0.2, 0.25) is 5.02 Å². The lowest BCUT2D eigenvalue weighted by molar-refractivity contribution is -0.162. The van der Waals surface area contributed by atoms with Crippen molar-refractivity contribution in [2.75, 3.05) is 51.3 Å². The van der Waals surface area contributed by atoms with E-state index in [0.717, 1.165) is 20.4 Å². The van der Waals surface area contributed by atoms with Crippen LogP contribution in [0.3, 0.4) is 0 Å². The number of nitrogens with zero attached hydrogens (tertiary/aromatic N) is 3. The standard InChI is InChI=1S/C58H87ClN6O12S5/c1-17-79-52(78)81-55(9,10)38(49(61)69)31-53(5,6)56(11,33-60)24-21-44(66)62-25-26-80-82-54(7,8)23-22-45(67)64(13)36(4)50(70)76-43-30-46(68)65(14)39-28-37(29-40(73-15)47(39)59)27-34(2)19-18-20-42(74-16)58(72)32-41(75-51(71)63-58)35(3)48-57(43,12)77-48/h18-20,28-29,35-36,38,41-43,48,72H,17,21-27,30-32H2,1-16H3,(H2,61,69)(H,62,66)(H,63,71)/b20-18+,34-19+/t35?,36?,38?,41?,42-,43?,48+,56?,57+,58+/m1/s1. The summed E-state index contributed by atoms with van der Waals surface area (Å²) in [6.07, 6.45) is 1.86. The maximum absolute atomic E-state index is 14.4. The van der Waals surface area contributed by atoms with Gasteiger partial charge >= 0.3 is 12.1 Å². The number of aliphatic hydroxyl groups is 1.